The summed E-state index contributed by atoms with van der Waals surface area (Å²) in [5.41, 5.74) is 0.326. The van der Waals surface area contributed by atoms with E-state index in [1.807, 2.05) is 31.6 Å². The summed E-state index contributed by atoms with van der Waals surface area (Å²) in [5.74, 6) is -0.0914. The Balaban J connectivity index is 1.97. The Bertz CT molecular complexity index is 494. The maximum atomic E-state index is 12.1. The Morgan fingerprint density at radius 2 is 2.10 bits per heavy atom. The Hall–Kier alpha value is -1.36. The van der Waals surface area contributed by atoms with Gasteiger partial charge in [-0.25, -0.2) is 0 Å². The number of nitrogens with zero attached hydrogens (tertiary/aromatic N) is 2. The van der Waals surface area contributed by atoms with Crippen molar-refractivity contribution in [3.63, 3.8) is 0 Å². The molecule has 0 aromatic carbocycles. The molecule has 5 nitrogen and oxygen atoms in total. The van der Waals surface area contributed by atoms with Crippen LogP contribution in [0.5, 0.6) is 0 Å². The van der Waals surface area contributed by atoms with E-state index in [2.05, 4.69) is 12.0 Å². The van der Waals surface area contributed by atoms with Crippen LogP contribution in [0.3, 0.4) is 0 Å². The maximum Gasteiger partial charge on any atom is 0.309 e. The van der Waals surface area contributed by atoms with Crippen LogP contribution >= 0.6 is 0 Å². The predicted molar refractivity (Wildman–Crippen MR) is 79.6 cm³/mol. The lowest BCUT2D eigenvalue weighted by Gasteiger charge is -2.37. The van der Waals surface area contributed by atoms with Crippen LogP contribution in [-0.2, 0) is 21.7 Å². The number of carbonyl (C=O) groups excluding carboxylic acids is 1. The summed E-state index contributed by atoms with van der Waals surface area (Å²) in [6.45, 7) is 7.87. The van der Waals surface area contributed by atoms with Crippen molar-refractivity contribution < 1.29 is 14.6 Å². The van der Waals surface area contributed by atoms with Gasteiger partial charge in [0.05, 0.1) is 24.3 Å². The van der Waals surface area contributed by atoms with E-state index in [-0.39, 0.29) is 24.0 Å². The van der Waals surface area contributed by atoms with Crippen LogP contribution in [0.4, 0.5) is 0 Å². The molecule has 0 radical (unpaired) electrons. The second-order valence-electron chi connectivity index (χ2n) is 7.26. The first-order chi connectivity index (χ1) is 9.73. The summed E-state index contributed by atoms with van der Waals surface area (Å²) in [6.07, 6.45) is 7.02. The highest BCUT2D eigenvalue weighted by atomic mass is 16.6. The topological polar surface area (TPSA) is 64.3 Å². The molecule has 1 N–H and O–H groups in total. The van der Waals surface area contributed by atoms with Crippen molar-refractivity contribution in [2.24, 2.45) is 5.92 Å². The van der Waals surface area contributed by atoms with E-state index in [1.54, 1.807) is 6.20 Å². The van der Waals surface area contributed by atoms with Crippen molar-refractivity contribution in [3.05, 3.63) is 18.0 Å². The van der Waals surface area contributed by atoms with Crippen LogP contribution in [0.25, 0.3) is 0 Å². The smallest absolute Gasteiger partial charge is 0.309 e. The van der Waals surface area contributed by atoms with E-state index >= 15 is 0 Å². The molecular formula is C16H26N2O3. The molecule has 1 aromatic heterocycles. The monoisotopic (exact) mass is 294 g/mol. The first-order valence-electron chi connectivity index (χ1n) is 7.61. The highest BCUT2D eigenvalue weighted by Crippen LogP contribution is 2.38. The number of aliphatic hydroxyl groups excluding tert-OH is 1. The number of aromatic nitrogens is 2. The van der Waals surface area contributed by atoms with Crippen LogP contribution < -0.4 is 0 Å². The normalized spacial score (nSPS) is 26.6. The summed E-state index contributed by atoms with van der Waals surface area (Å²) >= 11 is 0. The molecule has 1 aliphatic rings. The zero-order chi connectivity index (χ0) is 15.7. The number of rotatable bonds is 3. The molecule has 1 fully saturated rings. The molecule has 0 bridgehead atoms. The second kappa shape index (κ2) is 5.79. The molecule has 2 rings (SSSR count). The molecule has 1 aliphatic carbocycles. The lowest BCUT2D eigenvalue weighted by molar-refractivity contribution is -0.161. The number of aliphatic hydroxyl groups is 1. The summed E-state index contributed by atoms with van der Waals surface area (Å²) in [5, 5.41) is 13.5. The molecule has 0 atom stereocenters. The molecule has 0 spiro atoms. The molecule has 118 valence electrons. The average molecular weight is 294 g/mol. The maximum absolute atomic E-state index is 12.1. The first kappa shape index (κ1) is 16.0. The Kier molecular flexibility index (Phi) is 4.42. The minimum absolute atomic E-state index is 0.00910. The van der Waals surface area contributed by atoms with Gasteiger partial charge < -0.3 is 9.84 Å². The van der Waals surface area contributed by atoms with Crippen molar-refractivity contribution in [1.29, 1.82) is 0 Å². The van der Waals surface area contributed by atoms with Gasteiger partial charge in [-0.15, -0.1) is 0 Å². The Morgan fingerprint density at radius 1 is 1.48 bits per heavy atom. The van der Waals surface area contributed by atoms with E-state index in [4.69, 9.17) is 9.84 Å². The third kappa shape index (κ3) is 3.84. The van der Waals surface area contributed by atoms with Gasteiger partial charge in [0.2, 0.25) is 0 Å². The third-order valence-electron chi connectivity index (χ3n) is 4.17. The highest BCUT2D eigenvalue weighted by molar-refractivity contribution is 5.73. The molecule has 1 heterocycles. The summed E-state index contributed by atoms with van der Waals surface area (Å²) in [6, 6.07) is 0. The molecule has 21 heavy (non-hydrogen) atoms. The van der Waals surface area contributed by atoms with Crippen molar-refractivity contribution in [2.75, 3.05) is 0 Å². The van der Waals surface area contributed by atoms with Crippen molar-refractivity contribution in [2.45, 2.75) is 71.1 Å². The number of hydrogen-bond donors (Lipinski definition) is 1. The quantitative estimate of drug-likeness (QED) is 0.870. The second-order valence-corrected chi connectivity index (χ2v) is 7.26. The molecule has 1 aromatic rings. The largest absolute Gasteiger partial charge is 0.460 e. The van der Waals surface area contributed by atoms with E-state index in [0.29, 0.717) is 0 Å². The van der Waals surface area contributed by atoms with Crippen LogP contribution in [0.1, 0.15) is 58.9 Å². The van der Waals surface area contributed by atoms with Crippen LogP contribution in [0, 0.1) is 5.92 Å². The molecule has 0 aliphatic heterocycles. The minimum atomic E-state index is -0.421. The van der Waals surface area contributed by atoms with Crippen molar-refractivity contribution >= 4 is 5.97 Å². The van der Waals surface area contributed by atoms with Crippen LogP contribution in [0.15, 0.2) is 12.4 Å². The number of ether oxygens (including phenoxy) is 1. The van der Waals surface area contributed by atoms with Gasteiger partial charge in [-0.3, -0.25) is 9.48 Å². The molecule has 5 heteroatoms. The standard InChI is InChI=1S/C16H26N2O3/c1-15(2,3)21-14(20)13-5-7-16(4,8-6-13)18-10-12(11-19)9-17-18/h9-10,13,19H,5-8,11H2,1-4H3. The SMILES string of the molecule is CC(C)(C)OC(=O)C1CCC(C)(n2cc(CO)cn2)CC1. The molecule has 1 saturated carbocycles. The molecule has 0 saturated heterocycles. The minimum Gasteiger partial charge on any atom is -0.460 e. The average Bonchev–Trinajstić information content (AvgIpc) is 2.87. The van der Waals surface area contributed by atoms with E-state index in [1.165, 1.54) is 0 Å². The summed E-state index contributed by atoms with van der Waals surface area (Å²) in [7, 11) is 0. The predicted octanol–water partition coefficient (Wildman–Crippen LogP) is 2.62. The lowest BCUT2D eigenvalue weighted by Crippen LogP contribution is -2.38. The molecular weight excluding hydrogens is 268 g/mol. The van der Waals surface area contributed by atoms with Gasteiger partial charge in [-0.2, -0.15) is 5.10 Å². The fourth-order valence-electron chi connectivity index (χ4n) is 2.83. The Morgan fingerprint density at radius 3 is 2.57 bits per heavy atom. The fourth-order valence-corrected chi connectivity index (χ4v) is 2.83. The first-order valence-corrected chi connectivity index (χ1v) is 7.61. The van der Waals surface area contributed by atoms with Gasteiger partial charge in [0, 0.05) is 11.8 Å². The Labute approximate surface area is 126 Å². The van der Waals surface area contributed by atoms with Gasteiger partial charge >= 0.3 is 5.97 Å². The van der Waals surface area contributed by atoms with Gasteiger partial charge in [-0.05, 0) is 53.4 Å². The summed E-state index contributed by atoms with van der Waals surface area (Å²) < 4.78 is 7.41. The van der Waals surface area contributed by atoms with Crippen molar-refractivity contribution in [1.82, 2.24) is 9.78 Å². The summed E-state index contributed by atoms with van der Waals surface area (Å²) in [4.78, 5) is 12.1. The number of carbonyl (C=O) groups is 1. The number of hydrogen-bond acceptors (Lipinski definition) is 4. The van der Waals surface area contributed by atoms with Gasteiger partial charge in [0.25, 0.3) is 0 Å². The van der Waals surface area contributed by atoms with Crippen LogP contribution in [-0.4, -0.2) is 26.5 Å². The van der Waals surface area contributed by atoms with E-state index in [9.17, 15) is 4.79 Å². The van der Waals surface area contributed by atoms with Gasteiger partial charge in [-0.1, -0.05) is 0 Å². The van der Waals surface area contributed by atoms with Gasteiger partial charge in [0.1, 0.15) is 5.60 Å². The highest BCUT2D eigenvalue weighted by Gasteiger charge is 2.37. The van der Waals surface area contributed by atoms with Crippen molar-refractivity contribution in [3.8, 4) is 0 Å². The molecule has 0 amide bonds. The zero-order valence-corrected chi connectivity index (χ0v) is 13.4. The van der Waals surface area contributed by atoms with E-state index in [0.717, 1.165) is 31.2 Å². The zero-order valence-electron chi connectivity index (χ0n) is 13.4. The molecule has 0 unspecified atom stereocenters. The lowest BCUT2D eigenvalue weighted by atomic mass is 9.77. The number of esters is 1. The van der Waals surface area contributed by atoms with Gasteiger partial charge in [0.15, 0.2) is 0 Å². The fraction of sp³-hybridized carbons (Fsp3) is 0.750. The van der Waals surface area contributed by atoms with Crippen LogP contribution in [0.2, 0.25) is 0 Å². The third-order valence-corrected chi connectivity index (χ3v) is 4.17. The van der Waals surface area contributed by atoms with E-state index < -0.39 is 5.60 Å².